The number of hydrogen-bond donors (Lipinski definition) is 0. The Balaban J connectivity index is 1.37. The average Bonchev–Trinajstić information content (AvgIpc) is 3.44. The largest absolute Gasteiger partial charge is 0.379 e. The number of morpholine rings is 1. The number of carbonyl (C=O) groups is 2. The average molecular weight is 323 g/mol. The minimum atomic E-state index is 0.165. The van der Waals surface area contributed by atoms with Crippen molar-refractivity contribution in [3.8, 4) is 0 Å². The third kappa shape index (κ3) is 4.44. The van der Waals surface area contributed by atoms with Crippen molar-refractivity contribution in [2.24, 2.45) is 11.8 Å². The lowest BCUT2D eigenvalue weighted by molar-refractivity contribution is -0.142. The fraction of sp³-hybridized carbons (Fsp3) is 0.882. The second-order valence-corrected chi connectivity index (χ2v) is 7.04. The molecule has 2 amide bonds. The van der Waals surface area contributed by atoms with Crippen LogP contribution in [0.1, 0.15) is 26.2 Å². The predicted octanol–water partition coefficient (Wildman–Crippen LogP) is 0.426. The Morgan fingerprint density at radius 3 is 2.22 bits per heavy atom. The van der Waals surface area contributed by atoms with E-state index < -0.39 is 0 Å². The molecule has 3 fully saturated rings. The third-order valence-electron chi connectivity index (χ3n) is 5.41. The molecule has 2 aliphatic heterocycles. The Morgan fingerprint density at radius 1 is 1.00 bits per heavy atom. The van der Waals surface area contributed by atoms with Gasteiger partial charge in [-0.25, -0.2) is 0 Å². The van der Waals surface area contributed by atoms with Gasteiger partial charge in [-0.2, -0.15) is 0 Å². The van der Waals surface area contributed by atoms with E-state index in [-0.39, 0.29) is 17.7 Å². The van der Waals surface area contributed by atoms with Crippen LogP contribution in [0, 0.1) is 11.8 Å². The van der Waals surface area contributed by atoms with Crippen molar-refractivity contribution in [1.82, 2.24) is 14.7 Å². The SMILES string of the molecule is CC(C(=O)N1CCN(C(=O)CCN2CCOCC2)CC1)C1CC1. The summed E-state index contributed by atoms with van der Waals surface area (Å²) in [5.74, 6) is 1.28. The van der Waals surface area contributed by atoms with Gasteiger partial charge >= 0.3 is 0 Å². The summed E-state index contributed by atoms with van der Waals surface area (Å²) in [4.78, 5) is 30.9. The van der Waals surface area contributed by atoms with Gasteiger partial charge in [0.2, 0.25) is 11.8 Å². The number of piperazine rings is 1. The second kappa shape index (κ2) is 7.62. The van der Waals surface area contributed by atoms with Crippen molar-refractivity contribution in [3.05, 3.63) is 0 Å². The topological polar surface area (TPSA) is 53.1 Å². The minimum Gasteiger partial charge on any atom is -0.379 e. The van der Waals surface area contributed by atoms with Gasteiger partial charge in [0.25, 0.3) is 0 Å². The first-order valence-corrected chi connectivity index (χ1v) is 9.02. The Morgan fingerprint density at radius 2 is 1.61 bits per heavy atom. The molecule has 1 saturated carbocycles. The molecule has 0 N–H and O–H groups in total. The second-order valence-electron chi connectivity index (χ2n) is 7.04. The summed E-state index contributed by atoms with van der Waals surface area (Å²) < 4.78 is 5.32. The molecule has 6 nitrogen and oxygen atoms in total. The zero-order chi connectivity index (χ0) is 16.2. The van der Waals surface area contributed by atoms with Gasteiger partial charge in [0.1, 0.15) is 0 Å². The lowest BCUT2D eigenvalue weighted by atomic mass is 10.0. The normalized spacial score (nSPS) is 24.6. The van der Waals surface area contributed by atoms with E-state index in [1.54, 1.807) is 0 Å². The van der Waals surface area contributed by atoms with Gasteiger partial charge in [-0.1, -0.05) is 6.92 Å². The molecule has 130 valence electrons. The van der Waals surface area contributed by atoms with Crippen LogP contribution in [0.3, 0.4) is 0 Å². The number of hydrogen-bond acceptors (Lipinski definition) is 4. The first-order chi connectivity index (χ1) is 11.1. The summed E-state index contributed by atoms with van der Waals surface area (Å²) in [6, 6.07) is 0. The van der Waals surface area contributed by atoms with Crippen LogP contribution in [0.5, 0.6) is 0 Å². The Bertz CT molecular complexity index is 425. The van der Waals surface area contributed by atoms with E-state index in [1.807, 2.05) is 9.80 Å². The van der Waals surface area contributed by atoms with Gasteiger partial charge in [0.15, 0.2) is 0 Å². The molecule has 3 aliphatic rings. The minimum absolute atomic E-state index is 0.165. The molecule has 23 heavy (non-hydrogen) atoms. The van der Waals surface area contributed by atoms with Gasteiger partial charge in [-0.05, 0) is 18.8 Å². The van der Waals surface area contributed by atoms with Crippen molar-refractivity contribution >= 4 is 11.8 Å². The van der Waals surface area contributed by atoms with E-state index in [0.717, 1.165) is 32.8 Å². The predicted molar refractivity (Wildman–Crippen MR) is 86.9 cm³/mol. The summed E-state index contributed by atoms with van der Waals surface area (Å²) in [7, 11) is 0. The van der Waals surface area contributed by atoms with E-state index in [4.69, 9.17) is 4.74 Å². The maximum Gasteiger partial charge on any atom is 0.225 e. The molecule has 0 aromatic carbocycles. The van der Waals surface area contributed by atoms with Gasteiger partial charge in [0, 0.05) is 58.2 Å². The highest BCUT2D eigenvalue weighted by Gasteiger charge is 2.36. The van der Waals surface area contributed by atoms with Crippen LogP contribution in [0.15, 0.2) is 0 Å². The van der Waals surface area contributed by atoms with Crippen molar-refractivity contribution in [2.45, 2.75) is 26.2 Å². The molecule has 0 aromatic rings. The van der Waals surface area contributed by atoms with Crippen LogP contribution in [0.4, 0.5) is 0 Å². The van der Waals surface area contributed by atoms with Crippen LogP contribution in [-0.2, 0) is 14.3 Å². The monoisotopic (exact) mass is 323 g/mol. The highest BCUT2D eigenvalue weighted by molar-refractivity contribution is 5.80. The molecular formula is C17H29N3O3. The number of nitrogens with zero attached hydrogens (tertiary/aromatic N) is 3. The first kappa shape index (κ1) is 16.7. The summed E-state index contributed by atoms with van der Waals surface area (Å²) in [6.07, 6.45) is 2.98. The fourth-order valence-corrected chi connectivity index (χ4v) is 3.50. The molecule has 0 radical (unpaired) electrons. The number of rotatable bonds is 5. The first-order valence-electron chi connectivity index (χ1n) is 9.02. The molecule has 0 bridgehead atoms. The van der Waals surface area contributed by atoms with E-state index in [0.29, 0.717) is 38.5 Å². The fourth-order valence-electron chi connectivity index (χ4n) is 3.50. The van der Waals surface area contributed by atoms with Crippen LogP contribution >= 0.6 is 0 Å². The van der Waals surface area contributed by atoms with Gasteiger partial charge in [-0.15, -0.1) is 0 Å². The van der Waals surface area contributed by atoms with Crippen LogP contribution < -0.4 is 0 Å². The van der Waals surface area contributed by atoms with Crippen molar-refractivity contribution < 1.29 is 14.3 Å². The van der Waals surface area contributed by atoms with Gasteiger partial charge < -0.3 is 14.5 Å². The zero-order valence-corrected chi connectivity index (χ0v) is 14.2. The molecule has 2 saturated heterocycles. The van der Waals surface area contributed by atoms with Crippen LogP contribution in [0.25, 0.3) is 0 Å². The molecular weight excluding hydrogens is 294 g/mol. The maximum absolute atomic E-state index is 12.4. The molecule has 2 heterocycles. The van der Waals surface area contributed by atoms with Crippen molar-refractivity contribution in [3.63, 3.8) is 0 Å². The number of ether oxygens (including phenoxy) is 1. The van der Waals surface area contributed by atoms with Crippen molar-refractivity contribution in [2.75, 3.05) is 59.0 Å². The van der Waals surface area contributed by atoms with Gasteiger partial charge in [-0.3, -0.25) is 14.5 Å². The Labute approximate surface area is 138 Å². The van der Waals surface area contributed by atoms with Crippen molar-refractivity contribution in [1.29, 1.82) is 0 Å². The molecule has 1 unspecified atom stereocenters. The molecule has 0 aromatic heterocycles. The van der Waals surface area contributed by atoms with E-state index >= 15 is 0 Å². The third-order valence-corrected chi connectivity index (χ3v) is 5.41. The van der Waals surface area contributed by atoms with E-state index in [1.165, 1.54) is 12.8 Å². The number of carbonyl (C=O) groups excluding carboxylic acids is 2. The smallest absolute Gasteiger partial charge is 0.225 e. The number of amides is 2. The summed E-state index contributed by atoms with van der Waals surface area (Å²) in [6.45, 7) is 9.03. The summed E-state index contributed by atoms with van der Waals surface area (Å²) in [5.41, 5.74) is 0. The van der Waals surface area contributed by atoms with E-state index in [9.17, 15) is 9.59 Å². The quantitative estimate of drug-likeness (QED) is 0.736. The lowest BCUT2D eigenvalue weighted by Crippen LogP contribution is -2.52. The Kier molecular flexibility index (Phi) is 5.54. The molecule has 1 aliphatic carbocycles. The van der Waals surface area contributed by atoms with Gasteiger partial charge in [0.05, 0.1) is 13.2 Å². The zero-order valence-electron chi connectivity index (χ0n) is 14.2. The van der Waals surface area contributed by atoms with Crippen LogP contribution in [0.2, 0.25) is 0 Å². The molecule has 1 atom stereocenters. The molecule has 6 heteroatoms. The standard InChI is InChI=1S/C17H29N3O3/c1-14(15-2-3-15)17(22)20-8-6-19(7-9-20)16(21)4-5-18-10-12-23-13-11-18/h14-15H,2-13H2,1H3. The maximum atomic E-state index is 12.4. The van der Waals surface area contributed by atoms with Crippen LogP contribution in [-0.4, -0.2) is 85.5 Å². The summed E-state index contributed by atoms with van der Waals surface area (Å²) >= 11 is 0. The Hall–Kier alpha value is -1.14. The van der Waals surface area contributed by atoms with E-state index in [2.05, 4.69) is 11.8 Å². The summed E-state index contributed by atoms with van der Waals surface area (Å²) in [5, 5.41) is 0. The lowest BCUT2D eigenvalue weighted by Gasteiger charge is -2.36. The highest BCUT2D eigenvalue weighted by Crippen LogP contribution is 2.37. The highest BCUT2D eigenvalue weighted by atomic mass is 16.5. The molecule has 0 spiro atoms. The molecule has 3 rings (SSSR count).